The third kappa shape index (κ3) is 6.01. The highest BCUT2D eigenvalue weighted by atomic mass is 32.2. The van der Waals surface area contributed by atoms with E-state index in [0.29, 0.717) is 19.4 Å². The summed E-state index contributed by atoms with van der Waals surface area (Å²) in [6, 6.07) is 5.23. The van der Waals surface area contributed by atoms with Gasteiger partial charge in [-0.05, 0) is 41.9 Å². The lowest BCUT2D eigenvalue weighted by Gasteiger charge is -2.23. The van der Waals surface area contributed by atoms with Gasteiger partial charge in [-0.15, -0.1) is 0 Å². The van der Waals surface area contributed by atoms with Crippen molar-refractivity contribution in [1.29, 1.82) is 0 Å². The molecule has 0 saturated carbocycles. The van der Waals surface area contributed by atoms with E-state index >= 15 is 0 Å². The van der Waals surface area contributed by atoms with Crippen LogP contribution in [0.2, 0.25) is 0 Å². The summed E-state index contributed by atoms with van der Waals surface area (Å²) in [5.74, 6) is -0.357. The molecule has 1 aliphatic heterocycles. The molecule has 158 valence electrons. The van der Waals surface area contributed by atoms with Crippen molar-refractivity contribution in [2.45, 2.75) is 76.1 Å². The Morgan fingerprint density at radius 1 is 1.25 bits per heavy atom. The highest BCUT2D eigenvalue weighted by Gasteiger charge is 2.32. The molecular formula is C20H32N2O5S. The van der Waals surface area contributed by atoms with Gasteiger partial charge >= 0.3 is 0 Å². The first-order valence-corrected chi connectivity index (χ1v) is 11.1. The lowest BCUT2D eigenvalue weighted by Crippen LogP contribution is -2.51. The Morgan fingerprint density at radius 3 is 2.32 bits per heavy atom. The molecule has 0 aromatic heterocycles. The van der Waals surface area contributed by atoms with Crippen molar-refractivity contribution in [3.63, 3.8) is 0 Å². The van der Waals surface area contributed by atoms with E-state index in [2.05, 4.69) is 30.8 Å². The molecule has 28 heavy (non-hydrogen) atoms. The number of hydrogen-bond donors (Lipinski definition) is 3. The molecule has 1 amide bonds. The number of aliphatic hydroxyl groups excluding tert-OH is 1. The molecule has 1 aromatic rings. The van der Waals surface area contributed by atoms with E-state index in [4.69, 9.17) is 4.74 Å². The van der Waals surface area contributed by atoms with Crippen molar-refractivity contribution in [3.8, 4) is 0 Å². The smallest absolute Gasteiger partial charge is 0.241 e. The van der Waals surface area contributed by atoms with Crippen molar-refractivity contribution in [1.82, 2.24) is 10.0 Å². The van der Waals surface area contributed by atoms with E-state index in [1.54, 1.807) is 24.3 Å². The molecule has 3 atom stereocenters. The molecule has 0 aliphatic carbocycles. The van der Waals surface area contributed by atoms with Crippen molar-refractivity contribution in [3.05, 3.63) is 29.8 Å². The van der Waals surface area contributed by atoms with Crippen LogP contribution in [0.3, 0.4) is 0 Å². The lowest BCUT2D eigenvalue weighted by atomic mass is 9.87. The second-order valence-corrected chi connectivity index (χ2v) is 10.5. The Balaban J connectivity index is 2.16. The summed E-state index contributed by atoms with van der Waals surface area (Å²) in [6.07, 6.45) is -0.234. The normalized spacial score (nSPS) is 21.7. The summed E-state index contributed by atoms with van der Waals surface area (Å²) in [4.78, 5) is 12.8. The minimum atomic E-state index is -3.86. The van der Waals surface area contributed by atoms with Crippen LogP contribution in [-0.2, 0) is 25.0 Å². The zero-order valence-corrected chi connectivity index (χ0v) is 18.0. The molecule has 0 radical (unpaired) electrons. The van der Waals surface area contributed by atoms with Crippen molar-refractivity contribution in [2.75, 3.05) is 6.61 Å². The van der Waals surface area contributed by atoms with Crippen LogP contribution < -0.4 is 10.0 Å². The largest absolute Gasteiger partial charge is 0.366 e. The van der Waals surface area contributed by atoms with Crippen LogP contribution in [0.4, 0.5) is 0 Å². The summed E-state index contributed by atoms with van der Waals surface area (Å²) in [6.45, 7) is 10.4. The van der Waals surface area contributed by atoms with E-state index < -0.39 is 34.3 Å². The van der Waals surface area contributed by atoms with Gasteiger partial charge < -0.3 is 15.2 Å². The number of hydrogen-bond acceptors (Lipinski definition) is 5. The van der Waals surface area contributed by atoms with Gasteiger partial charge in [0.1, 0.15) is 6.04 Å². The Labute approximate surface area is 167 Å². The molecule has 1 aliphatic rings. The average Bonchev–Trinajstić information content (AvgIpc) is 2.98. The highest BCUT2D eigenvalue weighted by Crippen LogP contribution is 2.23. The van der Waals surface area contributed by atoms with E-state index in [0.717, 1.165) is 5.56 Å². The van der Waals surface area contributed by atoms with Crippen LogP contribution in [0.1, 0.15) is 53.0 Å². The van der Waals surface area contributed by atoms with Gasteiger partial charge in [0.05, 0.1) is 17.5 Å². The Bertz CT molecular complexity index is 769. The van der Waals surface area contributed by atoms with Gasteiger partial charge in [-0.2, -0.15) is 4.72 Å². The Morgan fingerprint density at radius 2 is 1.86 bits per heavy atom. The predicted octanol–water partition coefficient (Wildman–Crippen LogP) is 1.90. The van der Waals surface area contributed by atoms with E-state index in [9.17, 15) is 18.3 Å². The first kappa shape index (κ1) is 22.8. The van der Waals surface area contributed by atoms with Gasteiger partial charge in [0, 0.05) is 0 Å². The third-order valence-corrected chi connectivity index (χ3v) is 6.23. The van der Waals surface area contributed by atoms with E-state index in [1.807, 2.05) is 13.8 Å². The van der Waals surface area contributed by atoms with Crippen molar-refractivity contribution < 1.29 is 23.1 Å². The molecule has 2 rings (SSSR count). The number of aliphatic hydroxyl groups is 1. The summed E-state index contributed by atoms with van der Waals surface area (Å²) in [7, 11) is -3.86. The molecule has 1 fully saturated rings. The Kier molecular flexibility index (Phi) is 7.25. The fourth-order valence-corrected chi connectivity index (χ4v) is 4.28. The zero-order chi connectivity index (χ0) is 21.1. The number of rotatable bonds is 7. The first-order valence-electron chi connectivity index (χ1n) is 9.63. The Hall–Kier alpha value is -1.48. The number of sulfonamides is 1. The average molecular weight is 413 g/mol. The van der Waals surface area contributed by atoms with Gasteiger partial charge in [0.25, 0.3) is 0 Å². The van der Waals surface area contributed by atoms with Crippen molar-refractivity contribution >= 4 is 15.9 Å². The van der Waals surface area contributed by atoms with Gasteiger partial charge in [0.15, 0.2) is 6.29 Å². The second kappa shape index (κ2) is 8.90. The molecule has 8 heteroatoms. The molecule has 3 N–H and O–H groups in total. The van der Waals surface area contributed by atoms with Gasteiger partial charge in [-0.25, -0.2) is 8.42 Å². The second-order valence-electron chi connectivity index (χ2n) is 8.74. The van der Waals surface area contributed by atoms with Gasteiger partial charge in [-0.1, -0.05) is 46.8 Å². The monoisotopic (exact) mass is 412 g/mol. The van der Waals surface area contributed by atoms with Gasteiger partial charge in [-0.3, -0.25) is 4.79 Å². The summed E-state index contributed by atoms with van der Waals surface area (Å²) in [5.41, 5.74) is 0.943. The van der Waals surface area contributed by atoms with E-state index in [-0.39, 0.29) is 16.2 Å². The van der Waals surface area contributed by atoms with Crippen molar-refractivity contribution in [2.24, 2.45) is 5.92 Å². The standard InChI is InChI=1S/C20H32N2O5S/c1-13(2)12-17(18(23)21-16-10-11-27-19(16)24)22-28(25,26)15-8-6-14(7-9-15)20(3,4)5/h6-9,13,16-17,19,22,24H,10-12H2,1-5H3,(H,21,23)/t16-,17?,19?/m0/s1. The van der Waals surface area contributed by atoms with Crippen LogP contribution in [0.25, 0.3) is 0 Å². The number of benzene rings is 1. The first-order chi connectivity index (χ1) is 12.9. The summed E-state index contributed by atoms with van der Waals surface area (Å²) in [5, 5.41) is 12.4. The SMILES string of the molecule is CC(C)CC(NS(=O)(=O)c1ccc(C(C)(C)C)cc1)C(=O)N[C@H]1CCOC1O. The fourth-order valence-electron chi connectivity index (χ4n) is 3.07. The third-order valence-electron chi connectivity index (χ3n) is 4.74. The molecule has 7 nitrogen and oxygen atoms in total. The minimum Gasteiger partial charge on any atom is -0.366 e. The van der Waals surface area contributed by atoms with Crippen LogP contribution in [0.5, 0.6) is 0 Å². The number of nitrogens with one attached hydrogen (secondary N) is 2. The minimum absolute atomic E-state index is 0.0834. The molecule has 0 bridgehead atoms. The summed E-state index contributed by atoms with van der Waals surface area (Å²) < 4.78 is 33.2. The maximum absolute atomic E-state index is 12.8. The lowest BCUT2D eigenvalue weighted by molar-refractivity contribution is -0.127. The van der Waals surface area contributed by atoms with Crippen LogP contribution in [0, 0.1) is 5.92 Å². The number of ether oxygens (including phenoxy) is 1. The molecule has 0 spiro atoms. The van der Waals surface area contributed by atoms with Crippen LogP contribution in [-0.4, -0.2) is 44.4 Å². The number of carbonyl (C=O) groups is 1. The zero-order valence-electron chi connectivity index (χ0n) is 17.2. The molecule has 1 heterocycles. The molecule has 1 aromatic carbocycles. The number of amides is 1. The number of carbonyl (C=O) groups excluding carboxylic acids is 1. The summed E-state index contributed by atoms with van der Waals surface area (Å²) >= 11 is 0. The van der Waals surface area contributed by atoms with Crippen LogP contribution >= 0.6 is 0 Å². The highest BCUT2D eigenvalue weighted by molar-refractivity contribution is 7.89. The molecule has 1 saturated heterocycles. The maximum Gasteiger partial charge on any atom is 0.241 e. The fraction of sp³-hybridized carbons (Fsp3) is 0.650. The predicted molar refractivity (Wildman–Crippen MR) is 107 cm³/mol. The maximum atomic E-state index is 12.8. The van der Waals surface area contributed by atoms with Gasteiger partial charge in [0.2, 0.25) is 15.9 Å². The van der Waals surface area contributed by atoms with Crippen LogP contribution in [0.15, 0.2) is 29.2 Å². The topological polar surface area (TPSA) is 105 Å². The quantitative estimate of drug-likeness (QED) is 0.634. The molecular weight excluding hydrogens is 380 g/mol. The van der Waals surface area contributed by atoms with E-state index in [1.165, 1.54) is 0 Å². The molecule has 2 unspecified atom stereocenters.